The van der Waals surface area contributed by atoms with Crippen LogP contribution in [-0.2, 0) is 0 Å². The predicted molar refractivity (Wildman–Crippen MR) is 85.7 cm³/mol. The summed E-state index contributed by atoms with van der Waals surface area (Å²) in [4.78, 5) is 14.5. The van der Waals surface area contributed by atoms with Gasteiger partial charge in [-0.25, -0.2) is 0 Å². The second-order valence-corrected chi connectivity index (χ2v) is 6.52. The van der Waals surface area contributed by atoms with Crippen molar-refractivity contribution in [2.75, 3.05) is 25.6 Å². The highest BCUT2D eigenvalue weighted by atomic mass is 16.3. The third kappa shape index (κ3) is 3.76. The highest BCUT2D eigenvalue weighted by Gasteiger charge is 2.35. The molecule has 1 aliphatic rings. The lowest BCUT2D eigenvalue weighted by Crippen LogP contribution is -2.53. The maximum atomic E-state index is 12.5. The summed E-state index contributed by atoms with van der Waals surface area (Å²) >= 11 is 0. The molecule has 1 aromatic rings. The summed E-state index contributed by atoms with van der Waals surface area (Å²) in [5.74, 6) is 0.584. The Bertz CT molecular complexity index is 491. The molecule has 0 saturated heterocycles. The second kappa shape index (κ2) is 6.48. The van der Waals surface area contributed by atoms with Gasteiger partial charge in [-0.05, 0) is 49.8 Å². The van der Waals surface area contributed by atoms with Crippen molar-refractivity contribution in [3.05, 3.63) is 29.8 Å². The second-order valence-electron chi connectivity index (χ2n) is 6.52. The van der Waals surface area contributed by atoms with Crippen LogP contribution in [0.15, 0.2) is 24.3 Å². The molecular formula is C17H26N2O2. The van der Waals surface area contributed by atoms with Gasteiger partial charge in [0.05, 0.1) is 12.1 Å². The molecule has 1 amide bonds. The Labute approximate surface area is 127 Å². The fourth-order valence-electron chi connectivity index (χ4n) is 2.88. The average molecular weight is 290 g/mol. The fraction of sp³-hybridized carbons (Fsp3) is 0.588. The number of anilines is 1. The number of rotatable bonds is 4. The number of carbonyl (C=O) groups is 1. The van der Waals surface area contributed by atoms with E-state index in [4.69, 9.17) is 0 Å². The van der Waals surface area contributed by atoms with E-state index in [0.717, 1.165) is 31.4 Å². The number of amides is 1. The highest BCUT2D eigenvalue weighted by Crippen LogP contribution is 2.32. The first-order valence-electron chi connectivity index (χ1n) is 7.66. The van der Waals surface area contributed by atoms with Crippen molar-refractivity contribution >= 4 is 11.6 Å². The summed E-state index contributed by atoms with van der Waals surface area (Å²) in [6.45, 7) is 2.24. The average Bonchev–Trinajstić information content (AvgIpc) is 2.50. The molecule has 1 saturated carbocycles. The van der Waals surface area contributed by atoms with Crippen molar-refractivity contribution in [3.8, 4) is 0 Å². The fourth-order valence-corrected chi connectivity index (χ4v) is 2.88. The molecule has 0 atom stereocenters. The van der Waals surface area contributed by atoms with Crippen LogP contribution in [0, 0.1) is 5.92 Å². The Morgan fingerprint density at radius 3 is 2.62 bits per heavy atom. The Balaban J connectivity index is 2.11. The van der Waals surface area contributed by atoms with Crippen LogP contribution in [0.25, 0.3) is 0 Å². The van der Waals surface area contributed by atoms with Gasteiger partial charge in [-0.15, -0.1) is 0 Å². The number of hydrogen-bond acceptors (Lipinski definition) is 3. The number of nitrogens with zero attached hydrogens (tertiary/aromatic N) is 1. The van der Waals surface area contributed by atoms with Crippen LogP contribution in [-0.4, -0.2) is 37.3 Å². The topological polar surface area (TPSA) is 52.6 Å². The van der Waals surface area contributed by atoms with E-state index in [1.165, 1.54) is 0 Å². The van der Waals surface area contributed by atoms with Gasteiger partial charge in [0.2, 0.25) is 0 Å². The quantitative estimate of drug-likeness (QED) is 0.895. The van der Waals surface area contributed by atoms with Crippen molar-refractivity contribution in [2.24, 2.45) is 5.92 Å². The molecule has 0 unspecified atom stereocenters. The zero-order valence-corrected chi connectivity index (χ0v) is 13.2. The van der Waals surface area contributed by atoms with E-state index in [1.54, 1.807) is 0 Å². The van der Waals surface area contributed by atoms with Crippen molar-refractivity contribution in [1.82, 2.24) is 5.32 Å². The number of aliphatic hydroxyl groups is 1. The third-order valence-electron chi connectivity index (χ3n) is 4.54. The zero-order chi connectivity index (χ0) is 15.5. The van der Waals surface area contributed by atoms with Crippen molar-refractivity contribution in [3.63, 3.8) is 0 Å². The molecule has 0 heterocycles. The summed E-state index contributed by atoms with van der Waals surface area (Å²) in [6.07, 6.45) is 3.81. The minimum absolute atomic E-state index is 0.0127. The lowest BCUT2D eigenvalue weighted by molar-refractivity contribution is 0.0717. The van der Waals surface area contributed by atoms with Gasteiger partial charge >= 0.3 is 0 Å². The standard InChI is InChI=1S/C17H26N2O2/c1-13-7-9-17(12-20,10-8-13)18-16(21)14-5-4-6-15(11-14)19(2)3/h4-6,11,13,20H,7-10,12H2,1-3H3,(H,18,21). The lowest BCUT2D eigenvalue weighted by atomic mass is 9.77. The van der Waals surface area contributed by atoms with E-state index in [9.17, 15) is 9.90 Å². The van der Waals surface area contributed by atoms with Gasteiger partial charge < -0.3 is 15.3 Å². The van der Waals surface area contributed by atoms with Crippen LogP contribution in [0.1, 0.15) is 43.0 Å². The van der Waals surface area contributed by atoms with Gasteiger partial charge in [-0.3, -0.25) is 4.79 Å². The minimum Gasteiger partial charge on any atom is -0.394 e. The largest absolute Gasteiger partial charge is 0.394 e. The van der Waals surface area contributed by atoms with Crippen molar-refractivity contribution in [2.45, 2.75) is 38.1 Å². The SMILES string of the molecule is CC1CCC(CO)(NC(=O)c2cccc(N(C)C)c2)CC1. The Morgan fingerprint density at radius 2 is 2.05 bits per heavy atom. The van der Waals surface area contributed by atoms with Gasteiger partial charge in [0, 0.05) is 25.3 Å². The molecule has 4 nitrogen and oxygen atoms in total. The smallest absolute Gasteiger partial charge is 0.251 e. The first-order valence-corrected chi connectivity index (χ1v) is 7.66. The molecule has 1 fully saturated rings. The summed E-state index contributed by atoms with van der Waals surface area (Å²) in [7, 11) is 3.91. The van der Waals surface area contributed by atoms with E-state index in [-0.39, 0.29) is 12.5 Å². The molecule has 0 aliphatic heterocycles. The zero-order valence-electron chi connectivity index (χ0n) is 13.2. The Morgan fingerprint density at radius 1 is 1.38 bits per heavy atom. The molecule has 116 valence electrons. The molecule has 0 radical (unpaired) electrons. The normalized spacial score (nSPS) is 25.4. The van der Waals surface area contributed by atoms with Crippen LogP contribution in [0.5, 0.6) is 0 Å². The number of benzene rings is 1. The van der Waals surface area contributed by atoms with E-state index in [0.29, 0.717) is 11.5 Å². The molecule has 2 N–H and O–H groups in total. The molecule has 21 heavy (non-hydrogen) atoms. The molecule has 4 heteroatoms. The van der Waals surface area contributed by atoms with E-state index >= 15 is 0 Å². The van der Waals surface area contributed by atoms with Gasteiger partial charge in [-0.1, -0.05) is 13.0 Å². The van der Waals surface area contributed by atoms with Crippen LogP contribution in [0.2, 0.25) is 0 Å². The third-order valence-corrected chi connectivity index (χ3v) is 4.54. The van der Waals surface area contributed by atoms with Crippen molar-refractivity contribution < 1.29 is 9.90 Å². The Hall–Kier alpha value is -1.55. The molecular weight excluding hydrogens is 264 g/mol. The van der Waals surface area contributed by atoms with Gasteiger partial charge in [0.1, 0.15) is 0 Å². The molecule has 1 aliphatic carbocycles. The summed E-state index contributed by atoms with van der Waals surface area (Å²) in [5.41, 5.74) is 1.20. The molecule has 2 rings (SSSR count). The highest BCUT2D eigenvalue weighted by molar-refractivity contribution is 5.95. The molecule has 0 aromatic heterocycles. The van der Waals surface area contributed by atoms with Gasteiger partial charge in [0.25, 0.3) is 5.91 Å². The van der Waals surface area contributed by atoms with Crippen molar-refractivity contribution in [1.29, 1.82) is 0 Å². The van der Waals surface area contributed by atoms with Crippen LogP contribution in [0.3, 0.4) is 0 Å². The van der Waals surface area contributed by atoms with Crippen LogP contribution in [0.4, 0.5) is 5.69 Å². The maximum Gasteiger partial charge on any atom is 0.251 e. The summed E-state index contributed by atoms with van der Waals surface area (Å²) in [5, 5.41) is 12.8. The molecule has 1 aromatic carbocycles. The predicted octanol–water partition coefficient (Wildman–Crippen LogP) is 2.42. The summed E-state index contributed by atoms with van der Waals surface area (Å²) < 4.78 is 0. The first-order chi connectivity index (χ1) is 9.96. The number of carbonyl (C=O) groups excluding carboxylic acids is 1. The van der Waals surface area contributed by atoms with E-state index in [2.05, 4.69) is 12.2 Å². The summed E-state index contributed by atoms with van der Waals surface area (Å²) in [6, 6.07) is 7.56. The van der Waals surface area contributed by atoms with Crippen LogP contribution >= 0.6 is 0 Å². The lowest BCUT2D eigenvalue weighted by Gasteiger charge is -2.38. The minimum atomic E-state index is -0.447. The number of nitrogens with one attached hydrogen (secondary N) is 1. The maximum absolute atomic E-state index is 12.5. The van der Waals surface area contributed by atoms with E-state index < -0.39 is 5.54 Å². The molecule has 0 spiro atoms. The van der Waals surface area contributed by atoms with E-state index in [1.807, 2.05) is 43.3 Å². The van der Waals surface area contributed by atoms with Gasteiger partial charge in [-0.2, -0.15) is 0 Å². The molecule has 0 bridgehead atoms. The first kappa shape index (κ1) is 15.8. The monoisotopic (exact) mass is 290 g/mol. The Kier molecular flexibility index (Phi) is 4.88. The van der Waals surface area contributed by atoms with Gasteiger partial charge in [0.15, 0.2) is 0 Å². The number of hydrogen-bond donors (Lipinski definition) is 2. The van der Waals surface area contributed by atoms with Crippen LogP contribution < -0.4 is 10.2 Å². The number of aliphatic hydroxyl groups excluding tert-OH is 1.